The van der Waals surface area contributed by atoms with Crippen LogP contribution in [0.1, 0.15) is 13.3 Å². The number of aliphatic hydroxyl groups is 1. The Kier molecular flexibility index (Phi) is 5.98. The average Bonchev–Trinajstić information content (AvgIpc) is 2.56. The van der Waals surface area contributed by atoms with Crippen LogP contribution in [-0.2, 0) is 4.79 Å². The van der Waals surface area contributed by atoms with Crippen molar-refractivity contribution in [3.63, 3.8) is 0 Å². The maximum absolute atomic E-state index is 12.3. The molecule has 2 aromatic carbocycles. The summed E-state index contributed by atoms with van der Waals surface area (Å²) < 4.78 is 0. The van der Waals surface area contributed by atoms with E-state index in [-0.39, 0.29) is 25.1 Å². The van der Waals surface area contributed by atoms with Gasteiger partial charge in [-0.25, -0.2) is 0 Å². The third-order valence-electron chi connectivity index (χ3n) is 3.58. The lowest BCUT2D eigenvalue weighted by Crippen LogP contribution is -2.42. The molecule has 2 aromatic rings. The molecular weight excluding hydrogens is 276 g/mol. The zero-order valence-electron chi connectivity index (χ0n) is 12.8. The Morgan fingerprint density at radius 2 is 1.68 bits per heavy atom. The van der Waals surface area contributed by atoms with Crippen LogP contribution in [0.15, 0.2) is 60.7 Å². The van der Waals surface area contributed by atoms with Crippen molar-refractivity contribution in [2.75, 3.05) is 23.4 Å². The molecule has 0 saturated heterocycles. The van der Waals surface area contributed by atoms with E-state index in [9.17, 15) is 9.90 Å². The van der Waals surface area contributed by atoms with Gasteiger partial charge in [-0.05, 0) is 30.7 Å². The van der Waals surface area contributed by atoms with Gasteiger partial charge in [0, 0.05) is 11.4 Å². The van der Waals surface area contributed by atoms with E-state index in [1.165, 1.54) is 0 Å². The number of aliphatic hydroxyl groups excluding tert-OH is 1. The van der Waals surface area contributed by atoms with Crippen LogP contribution in [-0.4, -0.2) is 30.2 Å². The van der Waals surface area contributed by atoms with Crippen molar-refractivity contribution in [3.05, 3.63) is 60.7 Å². The van der Waals surface area contributed by atoms with E-state index in [1.807, 2.05) is 72.5 Å². The molecular formula is C18H22N2O2. The number of nitrogens with one attached hydrogen (secondary N) is 1. The van der Waals surface area contributed by atoms with Crippen LogP contribution >= 0.6 is 0 Å². The minimum Gasteiger partial charge on any atom is -0.394 e. The number of carbonyl (C=O) groups excluding carboxylic acids is 1. The quantitative estimate of drug-likeness (QED) is 0.826. The van der Waals surface area contributed by atoms with Gasteiger partial charge in [0.1, 0.15) is 0 Å². The van der Waals surface area contributed by atoms with Crippen LogP contribution in [0.4, 0.5) is 11.4 Å². The fraction of sp³-hybridized carbons (Fsp3) is 0.278. The third-order valence-corrected chi connectivity index (χ3v) is 3.58. The minimum absolute atomic E-state index is 0.0179. The lowest BCUT2D eigenvalue weighted by atomic mass is 10.1. The Morgan fingerprint density at radius 3 is 2.23 bits per heavy atom. The SMILES string of the molecule is CCC(CO)N(CC(=O)Nc1ccccc1)c1ccccc1. The van der Waals surface area contributed by atoms with Gasteiger partial charge in [-0.1, -0.05) is 43.3 Å². The zero-order chi connectivity index (χ0) is 15.8. The Balaban J connectivity index is 2.11. The molecule has 22 heavy (non-hydrogen) atoms. The standard InChI is InChI=1S/C18H22N2O2/c1-2-16(14-21)20(17-11-7-4-8-12-17)13-18(22)19-15-9-5-3-6-10-15/h3-12,16,21H,2,13-14H2,1H3,(H,19,22). The van der Waals surface area contributed by atoms with Crippen LogP contribution < -0.4 is 10.2 Å². The third kappa shape index (κ3) is 4.33. The van der Waals surface area contributed by atoms with Crippen LogP contribution in [0.5, 0.6) is 0 Å². The number of hydrogen-bond acceptors (Lipinski definition) is 3. The van der Waals surface area contributed by atoms with E-state index < -0.39 is 0 Å². The molecule has 0 aromatic heterocycles. The summed E-state index contributed by atoms with van der Waals surface area (Å²) in [4.78, 5) is 14.2. The molecule has 0 heterocycles. The average molecular weight is 298 g/mol. The molecule has 2 N–H and O–H groups in total. The smallest absolute Gasteiger partial charge is 0.243 e. The molecule has 0 spiro atoms. The Morgan fingerprint density at radius 1 is 1.09 bits per heavy atom. The van der Waals surface area contributed by atoms with Crippen molar-refractivity contribution in [2.24, 2.45) is 0 Å². The highest BCUT2D eigenvalue weighted by Gasteiger charge is 2.19. The predicted octanol–water partition coefficient (Wildman–Crippen LogP) is 2.90. The van der Waals surface area contributed by atoms with Gasteiger partial charge in [-0.3, -0.25) is 4.79 Å². The molecule has 0 fully saturated rings. The summed E-state index contributed by atoms with van der Waals surface area (Å²) >= 11 is 0. The molecule has 1 atom stereocenters. The summed E-state index contributed by atoms with van der Waals surface area (Å²) in [5.74, 6) is -0.0954. The molecule has 1 amide bonds. The lowest BCUT2D eigenvalue weighted by molar-refractivity contribution is -0.115. The maximum atomic E-state index is 12.3. The first-order valence-corrected chi connectivity index (χ1v) is 7.52. The monoisotopic (exact) mass is 298 g/mol. The second kappa shape index (κ2) is 8.20. The van der Waals surface area contributed by atoms with Crippen LogP contribution in [0, 0.1) is 0 Å². The first-order valence-electron chi connectivity index (χ1n) is 7.52. The van der Waals surface area contributed by atoms with Crippen molar-refractivity contribution in [1.29, 1.82) is 0 Å². The molecule has 0 saturated carbocycles. The number of carbonyl (C=O) groups is 1. The van der Waals surface area contributed by atoms with E-state index >= 15 is 0 Å². The highest BCUT2D eigenvalue weighted by atomic mass is 16.3. The van der Waals surface area contributed by atoms with E-state index in [0.29, 0.717) is 0 Å². The topological polar surface area (TPSA) is 52.6 Å². The highest BCUT2D eigenvalue weighted by Crippen LogP contribution is 2.18. The van der Waals surface area contributed by atoms with Crippen molar-refractivity contribution < 1.29 is 9.90 Å². The summed E-state index contributed by atoms with van der Waals surface area (Å²) in [6.07, 6.45) is 0.768. The van der Waals surface area contributed by atoms with E-state index in [2.05, 4.69) is 5.32 Å². The molecule has 0 aliphatic carbocycles. The van der Waals surface area contributed by atoms with Crippen LogP contribution in [0.25, 0.3) is 0 Å². The first-order chi connectivity index (χ1) is 10.7. The van der Waals surface area contributed by atoms with Crippen molar-refractivity contribution in [1.82, 2.24) is 0 Å². The number of benzene rings is 2. The van der Waals surface area contributed by atoms with Gasteiger partial charge in [0.15, 0.2) is 0 Å². The molecule has 0 aliphatic rings. The van der Waals surface area contributed by atoms with E-state index in [4.69, 9.17) is 0 Å². The Bertz CT molecular complexity index is 568. The summed E-state index contributed by atoms with van der Waals surface area (Å²) in [5, 5.41) is 12.5. The number of nitrogens with zero attached hydrogens (tertiary/aromatic N) is 1. The normalized spacial score (nSPS) is 11.7. The lowest BCUT2D eigenvalue weighted by Gasteiger charge is -2.31. The van der Waals surface area contributed by atoms with Crippen LogP contribution in [0.2, 0.25) is 0 Å². The number of rotatable bonds is 7. The minimum atomic E-state index is -0.0954. The second-order valence-corrected chi connectivity index (χ2v) is 5.12. The molecule has 116 valence electrons. The van der Waals surface area contributed by atoms with Crippen molar-refractivity contribution >= 4 is 17.3 Å². The second-order valence-electron chi connectivity index (χ2n) is 5.12. The Hall–Kier alpha value is -2.33. The van der Waals surface area contributed by atoms with Gasteiger partial charge in [0.05, 0.1) is 19.2 Å². The van der Waals surface area contributed by atoms with Crippen LogP contribution in [0.3, 0.4) is 0 Å². The molecule has 4 heteroatoms. The summed E-state index contributed by atoms with van der Waals surface area (Å²) in [6.45, 7) is 2.23. The van der Waals surface area contributed by atoms with Gasteiger partial charge < -0.3 is 15.3 Å². The van der Waals surface area contributed by atoms with Gasteiger partial charge >= 0.3 is 0 Å². The number of amides is 1. The van der Waals surface area contributed by atoms with E-state index in [1.54, 1.807) is 0 Å². The summed E-state index contributed by atoms with van der Waals surface area (Å²) in [7, 11) is 0. The molecule has 0 bridgehead atoms. The number of hydrogen-bond donors (Lipinski definition) is 2. The molecule has 0 aliphatic heterocycles. The van der Waals surface area contributed by atoms with Gasteiger partial charge in [-0.15, -0.1) is 0 Å². The zero-order valence-corrected chi connectivity index (χ0v) is 12.8. The number of para-hydroxylation sites is 2. The molecule has 0 radical (unpaired) electrons. The highest BCUT2D eigenvalue weighted by molar-refractivity contribution is 5.94. The van der Waals surface area contributed by atoms with Gasteiger partial charge in [0.25, 0.3) is 0 Å². The van der Waals surface area contributed by atoms with Crippen molar-refractivity contribution in [2.45, 2.75) is 19.4 Å². The van der Waals surface area contributed by atoms with Crippen molar-refractivity contribution in [3.8, 4) is 0 Å². The summed E-state index contributed by atoms with van der Waals surface area (Å²) in [6, 6.07) is 19.0. The van der Waals surface area contributed by atoms with E-state index in [0.717, 1.165) is 17.8 Å². The first kappa shape index (κ1) is 16.0. The molecule has 4 nitrogen and oxygen atoms in total. The molecule has 1 unspecified atom stereocenters. The van der Waals surface area contributed by atoms with Gasteiger partial charge in [0.2, 0.25) is 5.91 Å². The maximum Gasteiger partial charge on any atom is 0.243 e. The van der Waals surface area contributed by atoms with Gasteiger partial charge in [-0.2, -0.15) is 0 Å². The predicted molar refractivity (Wildman–Crippen MR) is 90.0 cm³/mol. The fourth-order valence-electron chi connectivity index (χ4n) is 2.38. The number of anilines is 2. The Labute approximate surface area is 131 Å². The molecule has 2 rings (SSSR count). The largest absolute Gasteiger partial charge is 0.394 e. The summed E-state index contributed by atoms with van der Waals surface area (Å²) in [5.41, 5.74) is 1.71. The fourth-order valence-corrected chi connectivity index (χ4v) is 2.38.